The van der Waals surface area contributed by atoms with Crippen LogP contribution in [-0.2, 0) is 5.75 Å². The molecule has 0 aliphatic rings. The van der Waals surface area contributed by atoms with Gasteiger partial charge in [-0.05, 0) is 25.0 Å². The predicted molar refractivity (Wildman–Crippen MR) is 76.9 cm³/mol. The molecule has 3 nitrogen and oxygen atoms in total. The third-order valence-electron chi connectivity index (χ3n) is 2.57. The summed E-state index contributed by atoms with van der Waals surface area (Å²) in [5.41, 5.74) is 9.40. The molecular formula is C13H14ClN3S. The molecule has 2 rings (SSSR count). The van der Waals surface area contributed by atoms with E-state index in [-0.39, 0.29) is 5.95 Å². The van der Waals surface area contributed by atoms with Crippen LogP contribution in [0.3, 0.4) is 0 Å². The van der Waals surface area contributed by atoms with Crippen molar-refractivity contribution in [1.29, 1.82) is 0 Å². The second kappa shape index (κ2) is 5.59. The zero-order valence-electron chi connectivity index (χ0n) is 10.3. The number of anilines is 1. The third kappa shape index (κ3) is 3.37. The van der Waals surface area contributed by atoms with Gasteiger partial charge in [0.2, 0.25) is 5.95 Å². The highest BCUT2D eigenvalue weighted by atomic mass is 35.5. The van der Waals surface area contributed by atoms with Crippen molar-refractivity contribution in [3.63, 3.8) is 0 Å². The number of nitrogens with two attached hydrogens (primary N) is 1. The molecule has 0 amide bonds. The van der Waals surface area contributed by atoms with E-state index in [9.17, 15) is 0 Å². The molecule has 0 radical (unpaired) electrons. The number of hydrogen-bond acceptors (Lipinski definition) is 4. The van der Waals surface area contributed by atoms with Gasteiger partial charge in [0.1, 0.15) is 10.2 Å². The summed E-state index contributed by atoms with van der Waals surface area (Å²) in [7, 11) is 0. The maximum absolute atomic E-state index is 5.84. The minimum absolute atomic E-state index is 0.214. The van der Waals surface area contributed by atoms with E-state index in [4.69, 9.17) is 17.3 Å². The Morgan fingerprint density at radius 2 is 2.00 bits per heavy atom. The standard InChI is InChI=1S/C13H14ClN3S/c1-8-3-4-9(2)10(5-8)7-18-12-6-11(14)16-13(15)17-12/h3-6H,7H2,1-2H3,(H2,15,16,17). The molecule has 0 aliphatic heterocycles. The van der Waals surface area contributed by atoms with E-state index in [2.05, 4.69) is 42.0 Å². The van der Waals surface area contributed by atoms with Crippen LogP contribution in [0.5, 0.6) is 0 Å². The normalized spacial score (nSPS) is 10.6. The molecule has 1 heterocycles. The predicted octanol–water partition coefficient (Wildman–Crippen LogP) is 3.62. The molecular weight excluding hydrogens is 266 g/mol. The first-order valence-electron chi connectivity index (χ1n) is 5.53. The molecule has 1 aromatic carbocycles. The molecule has 0 saturated carbocycles. The lowest BCUT2D eigenvalue weighted by Gasteiger charge is -2.07. The fourth-order valence-corrected chi connectivity index (χ4v) is 2.82. The van der Waals surface area contributed by atoms with Gasteiger partial charge in [-0.15, -0.1) is 11.8 Å². The van der Waals surface area contributed by atoms with Gasteiger partial charge >= 0.3 is 0 Å². The second-order valence-electron chi connectivity index (χ2n) is 4.11. The highest BCUT2D eigenvalue weighted by Crippen LogP contribution is 2.25. The lowest BCUT2D eigenvalue weighted by Crippen LogP contribution is -1.96. The largest absolute Gasteiger partial charge is 0.368 e. The van der Waals surface area contributed by atoms with Gasteiger partial charge in [0, 0.05) is 11.8 Å². The number of aryl methyl sites for hydroxylation is 2. The zero-order valence-corrected chi connectivity index (χ0v) is 11.8. The number of halogens is 1. The Bertz CT molecular complexity index is 552. The number of thioether (sulfide) groups is 1. The highest BCUT2D eigenvalue weighted by Gasteiger charge is 2.04. The summed E-state index contributed by atoms with van der Waals surface area (Å²) in [6.07, 6.45) is 0. The first-order valence-corrected chi connectivity index (χ1v) is 6.90. The Labute approximate surface area is 116 Å². The van der Waals surface area contributed by atoms with Crippen LogP contribution in [0.2, 0.25) is 5.15 Å². The van der Waals surface area contributed by atoms with Crippen molar-refractivity contribution in [2.24, 2.45) is 0 Å². The fraction of sp³-hybridized carbons (Fsp3) is 0.231. The molecule has 0 saturated heterocycles. The summed E-state index contributed by atoms with van der Waals surface area (Å²) in [6.45, 7) is 4.20. The number of benzene rings is 1. The molecule has 0 bridgehead atoms. The molecule has 94 valence electrons. The van der Waals surface area contributed by atoms with Crippen molar-refractivity contribution in [2.75, 3.05) is 5.73 Å². The lowest BCUT2D eigenvalue weighted by molar-refractivity contribution is 1.06. The topological polar surface area (TPSA) is 51.8 Å². The number of rotatable bonds is 3. The quantitative estimate of drug-likeness (QED) is 0.689. The van der Waals surface area contributed by atoms with Crippen molar-refractivity contribution in [3.8, 4) is 0 Å². The summed E-state index contributed by atoms with van der Waals surface area (Å²) in [6, 6.07) is 8.16. The van der Waals surface area contributed by atoms with E-state index in [1.807, 2.05) is 0 Å². The molecule has 0 aliphatic carbocycles. The van der Waals surface area contributed by atoms with Crippen molar-refractivity contribution in [2.45, 2.75) is 24.6 Å². The molecule has 2 N–H and O–H groups in total. The number of aromatic nitrogens is 2. The maximum Gasteiger partial charge on any atom is 0.222 e. The van der Waals surface area contributed by atoms with Crippen LogP contribution in [0.4, 0.5) is 5.95 Å². The van der Waals surface area contributed by atoms with Crippen molar-refractivity contribution in [3.05, 3.63) is 46.1 Å². The minimum Gasteiger partial charge on any atom is -0.368 e. The van der Waals surface area contributed by atoms with Crippen LogP contribution in [-0.4, -0.2) is 9.97 Å². The summed E-state index contributed by atoms with van der Waals surface area (Å²) in [5.74, 6) is 1.06. The Kier molecular flexibility index (Phi) is 4.09. The van der Waals surface area contributed by atoms with Gasteiger partial charge in [-0.1, -0.05) is 35.4 Å². The number of nitrogens with zero attached hydrogens (tertiary/aromatic N) is 2. The molecule has 5 heteroatoms. The molecule has 0 spiro atoms. The first-order chi connectivity index (χ1) is 8.54. The minimum atomic E-state index is 0.214. The SMILES string of the molecule is Cc1ccc(C)c(CSc2cc(Cl)nc(N)n2)c1. The first kappa shape index (κ1) is 13.2. The third-order valence-corrected chi connectivity index (χ3v) is 3.72. The zero-order chi connectivity index (χ0) is 13.1. The van der Waals surface area contributed by atoms with Gasteiger partial charge < -0.3 is 5.73 Å². The summed E-state index contributed by atoms with van der Waals surface area (Å²) >= 11 is 7.45. The van der Waals surface area contributed by atoms with Crippen LogP contribution >= 0.6 is 23.4 Å². The number of nitrogen functional groups attached to an aromatic ring is 1. The van der Waals surface area contributed by atoms with Gasteiger partial charge in [0.15, 0.2) is 0 Å². The fourth-order valence-electron chi connectivity index (χ4n) is 1.60. The van der Waals surface area contributed by atoms with Gasteiger partial charge in [0.05, 0.1) is 0 Å². The van der Waals surface area contributed by atoms with E-state index in [1.165, 1.54) is 16.7 Å². The second-order valence-corrected chi connectivity index (χ2v) is 5.49. The Balaban J connectivity index is 2.13. The van der Waals surface area contributed by atoms with E-state index in [1.54, 1.807) is 17.8 Å². The Morgan fingerprint density at radius 3 is 2.72 bits per heavy atom. The molecule has 0 fully saturated rings. The molecule has 0 atom stereocenters. The van der Waals surface area contributed by atoms with E-state index >= 15 is 0 Å². The van der Waals surface area contributed by atoms with E-state index in [0.29, 0.717) is 5.15 Å². The lowest BCUT2D eigenvalue weighted by atomic mass is 10.1. The summed E-state index contributed by atoms with van der Waals surface area (Å²) in [4.78, 5) is 7.99. The number of hydrogen-bond donors (Lipinski definition) is 1. The van der Waals surface area contributed by atoms with Crippen LogP contribution in [0, 0.1) is 13.8 Å². The van der Waals surface area contributed by atoms with Gasteiger partial charge in [-0.2, -0.15) is 0 Å². The van der Waals surface area contributed by atoms with E-state index in [0.717, 1.165) is 10.8 Å². The maximum atomic E-state index is 5.84. The van der Waals surface area contributed by atoms with Crippen LogP contribution in [0.15, 0.2) is 29.3 Å². The van der Waals surface area contributed by atoms with Crippen molar-refractivity contribution in [1.82, 2.24) is 9.97 Å². The van der Waals surface area contributed by atoms with Crippen LogP contribution in [0.25, 0.3) is 0 Å². The molecule has 2 aromatic rings. The molecule has 0 unspecified atom stereocenters. The van der Waals surface area contributed by atoms with Crippen molar-refractivity contribution < 1.29 is 0 Å². The van der Waals surface area contributed by atoms with Gasteiger partial charge in [0.25, 0.3) is 0 Å². The van der Waals surface area contributed by atoms with E-state index < -0.39 is 0 Å². The Morgan fingerprint density at radius 1 is 1.22 bits per heavy atom. The molecule has 18 heavy (non-hydrogen) atoms. The summed E-state index contributed by atoms with van der Waals surface area (Å²) < 4.78 is 0. The van der Waals surface area contributed by atoms with Crippen LogP contribution < -0.4 is 5.73 Å². The average Bonchev–Trinajstić information content (AvgIpc) is 2.29. The van der Waals surface area contributed by atoms with Gasteiger partial charge in [-0.3, -0.25) is 0 Å². The molecule has 1 aromatic heterocycles. The Hall–Kier alpha value is -1.26. The summed E-state index contributed by atoms with van der Waals surface area (Å²) in [5, 5.41) is 1.18. The van der Waals surface area contributed by atoms with Crippen LogP contribution in [0.1, 0.15) is 16.7 Å². The average molecular weight is 280 g/mol. The smallest absolute Gasteiger partial charge is 0.222 e. The monoisotopic (exact) mass is 279 g/mol. The van der Waals surface area contributed by atoms with Gasteiger partial charge in [-0.25, -0.2) is 9.97 Å². The van der Waals surface area contributed by atoms with Crippen molar-refractivity contribution >= 4 is 29.3 Å². The highest BCUT2D eigenvalue weighted by molar-refractivity contribution is 7.98.